The molecule has 0 amide bonds. The Morgan fingerprint density at radius 2 is 2.06 bits per heavy atom. The van der Waals surface area contributed by atoms with E-state index in [0.717, 1.165) is 16.2 Å². The summed E-state index contributed by atoms with van der Waals surface area (Å²) in [6.45, 7) is 0. The van der Waals surface area contributed by atoms with Crippen LogP contribution in [-0.2, 0) is 0 Å². The standard InChI is InChI=1S/C13H12NOS.Li/c14-10-9-13(15)8-4-7-12(13)16-11-5-2-1-3-6-11;/h1-3,5-7H,4,8-9H2;/q-1;+1. The summed E-state index contributed by atoms with van der Waals surface area (Å²) in [5.74, 6) is 0. The van der Waals surface area contributed by atoms with E-state index in [0.29, 0.717) is 6.42 Å². The molecular weight excluding hydrogens is 225 g/mol. The van der Waals surface area contributed by atoms with Gasteiger partial charge in [0.05, 0.1) is 6.07 Å². The Morgan fingerprint density at radius 1 is 1.35 bits per heavy atom. The molecule has 1 aliphatic carbocycles. The number of benzene rings is 1. The molecule has 1 atom stereocenters. The molecule has 1 aromatic rings. The molecule has 4 heteroatoms. The van der Waals surface area contributed by atoms with Gasteiger partial charge in [0.25, 0.3) is 0 Å². The van der Waals surface area contributed by atoms with Crippen molar-refractivity contribution in [2.24, 2.45) is 0 Å². The minimum Gasteiger partial charge on any atom is -0.845 e. The van der Waals surface area contributed by atoms with Gasteiger partial charge < -0.3 is 5.11 Å². The maximum Gasteiger partial charge on any atom is 1.00 e. The van der Waals surface area contributed by atoms with Crippen LogP contribution in [0.3, 0.4) is 0 Å². The summed E-state index contributed by atoms with van der Waals surface area (Å²) in [4.78, 5) is 1.87. The number of hydrogen-bond acceptors (Lipinski definition) is 3. The molecule has 1 aliphatic rings. The number of rotatable bonds is 3. The largest absolute Gasteiger partial charge is 1.00 e. The third kappa shape index (κ3) is 3.41. The van der Waals surface area contributed by atoms with Crippen LogP contribution in [0.4, 0.5) is 0 Å². The van der Waals surface area contributed by atoms with Gasteiger partial charge in [0.15, 0.2) is 0 Å². The van der Waals surface area contributed by atoms with Gasteiger partial charge >= 0.3 is 18.9 Å². The normalized spacial score (nSPS) is 22.5. The molecule has 1 aromatic carbocycles. The van der Waals surface area contributed by atoms with Crippen LogP contribution < -0.4 is 24.0 Å². The van der Waals surface area contributed by atoms with E-state index >= 15 is 0 Å². The first-order valence-corrected chi connectivity index (χ1v) is 6.07. The molecule has 0 saturated carbocycles. The Labute approximate surface area is 118 Å². The van der Waals surface area contributed by atoms with E-state index in [9.17, 15) is 5.11 Å². The molecule has 0 heterocycles. The second kappa shape index (κ2) is 6.33. The third-order valence-electron chi connectivity index (χ3n) is 2.66. The average Bonchev–Trinajstić information content (AvgIpc) is 2.62. The Hall–Kier alpha value is -0.643. The average molecular weight is 237 g/mol. The number of hydrogen-bond donors (Lipinski definition) is 0. The molecule has 2 rings (SSSR count). The maximum absolute atomic E-state index is 12.3. The first-order valence-electron chi connectivity index (χ1n) is 5.25. The third-order valence-corrected chi connectivity index (χ3v) is 3.93. The zero-order chi connectivity index (χ0) is 11.4. The molecule has 2 nitrogen and oxygen atoms in total. The quantitative estimate of drug-likeness (QED) is 0.664. The second-order valence-electron chi connectivity index (χ2n) is 3.85. The molecule has 0 fully saturated rings. The van der Waals surface area contributed by atoms with E-state index in [1.165, 1.54) is 11.8 Å². The maximum atomic E-state index is 12.3. The topological polar surface area (TPSA) is 46.8 Å². The van der Waals surface area contributed by atoms with Crippen LogP contribution in [0.25, 0.3) is 0 Å². The van der Waals surface area contributed by atoms with E-state index in [4.69, 9.17) is 5.26 Å². The van der Waals surface area contributed by atoms with Gasteiger partial charge in [0.2, 0.25) is 0 Å². The van der Waals surface area contributed by atoms with Crippen molar-refractivity contribution in [3.8, 4) is 6.07 Å². The minimum atomic E-state index is -1.17. The van der Waals surface area contributed by atoms with Crippen LogP contribution in [0.15, 0.2) is 46.2 Å². The van der Waals surface area contributed by atoms with E-state index < -0.39 is 5.60 Å². The van der Waals surface area contributed by atoms with Crippen molar-refractivity contribution in [1.29, 1.82) is 5.26 Å². The predicted octanol–water partition coefficient (Wildman–Crippen LogP) is -0.527. The zero-order valence-corrected chi connectivity index (χ0v) is 10.7. The molecule has 0 spiro atoms. The van der Waals surface area contributed by atoms with Crippen LogP contribution in [-0.4, -0.2) is 5.60 Å². The SMILES string of the molecule is N#CCC1([O-])CCC=C1Sc1ccccc1.[Li+]. The van der Waals surface area contributed by atoms with E-state index in [-0.39, 0.29) is 25.3 Å². The summed E-state index contributed by atoms with van der Waals surface area (Å²) >= 11 is 1.50. The molecule has 0 aromatic heterocycles. The first-order chi connectivity index (χ1) is 7.74. The van der Waals surface area contributed by atoms with Crippen LogP contribution in [0.5, 0.6) is 0 Å². The van der Waals surface area contributed by atoms with Crippen molar-refractivity contribution in [1.82, 2.24) is 0 Å². The van der Waals surface area contributed by atoms with Crippen LogP contribution in [0.2, 0.25) is 0 Å². The van der Waals surface area contributed by atoms with Crippen molar-refractivity contribution < 1.29 is 24.0 Å². The number of nitriles is 1. The van der Waals surface area contributed by atoms with Crippen molar-refractivity contribution in [2.45, 2.75) is 29.8 Å². The Balaban J connectivity index is 0.00000144. The number of allylic oxidation sites excluding steroid dienone is 1. The minimum absolute atomic E-state index is 0. The molecule has 82 valence electrons. The second-order valence-corrected chi connectivity index (χ2v) is 4.97. The Kier molecular flexibility index (Phi) is 5.37. The molecule has 0 saturated heterocycles. The zero-order valence-electron chi connectivity index (χ0n) is 9.85. The van der Waals surface area contributed by atoms with Crippen molar-refractivity contribution in [3.05, 3.63) is 41.3 Å². The predicted molar refractivity (Wildman–Crippen MR) is 62.6 cm³/mol. The monoisotopic (exact) mass is 237 g/mol. The fraction of sp³-hybridized carbons (Fsp3) is 0.308. The van der Waals surface area contributed by atoms with Crippen molar-refractivity contribution in [2.75, 3.05) is 0 Å². The summed E-state index contributed by atoms with van der Waals surface area (Å²) in [5, 5.41) is 21.0. The van der Waals surface area contributed by atoms with Gasteiger partial charge in [0, 0.05) is 11.3 Å². The van der Waals surface area contributed by atoms with Gasteiger partial charge in [-0.05, 0) is 23.5 Å². The number of nitrogens with zero attached hydrogens (tertiary/aromatic N) is 1. The van der Waals surface area contributed by atoms with Crippen molar-refractivity contribution in [3.63, 3.8) is 0 Å². The van der Waals surface area contributed by atoms with Gasteiger partial charge in [-0.3, -0.25) is 0 Å². The fourth-order valence-corrected chi connectivity index (χ4v) is 2.91. The Bertz CT molecular complexity index is 440. The molecule has 17 heavy (non-hydrogen) atoms. The van der Waals surface area contributed by atoms with Gasteiger partial charge in [-0.15, -0.1) is 0 Å². The van der Waals surface area contributed by atoms with Gasteiger partial charge in [-0.2, -0.15) is 5.26 Å². The summed E-state index contributed by atoms with van der Waals surface area (Å²) < 4.78 is 0. The molecule has 0 N–H and O–H groups in total. The fourth-order valence-electron chi connectivity index (χ4n) is 1.80. The van der Waals surface area contributed by atoms with Crippen LogP contribution in [0.1, 0.15) is 19.3 Å². The van der Waals surface area contributed by atoms with Gasteiger partial charge in [0.1, 0.15) is 0 Å². The van der Waals surface area contributed by atoms with E-state index in [1.807, 2.05) is 42.5 Å². The Morgan fingerprint density at radius 3 is 2.71 bits per heavy atom. The summed E-state index contributed by atoms with van der Waals surface area (Å²) in [6.07, 6.45) is 3.39. The van der Waals surface area contributed by atoms with E-state index in [1.54, 1.807) is 0 Å². The summed E-state index contributed by atoms with van der Waals surface area (Å²) in [7, 11) is 0. The summed E-state index contributed by atoms with van der Waals surface area (Å²) in [6, 6.07) is 11.8. The molecular formula is C13H12LiNOS. The molecule has 1 unspecified atom stereocenters. The van der Waals surface area contributed by atoms with Gasteiger partial charge in [-0.1, -0.05) is 48.1 Å². The van der Waals surface area contributed by atoms with Crippen LogP contribution in [0, 0.1) is 11.3 Å². The molecule has 0 bridgehead atoms. The van der Waals surface area contributed by atoms with E-state index in [2.05, 4.69) is 0 Å². The first kappa shape index (κ1) is 14.4. The van der Waals surface area contributed by atoms with Gasteiger partial charge in [-0.25, -0.2) is 0 Å². The van der Waals surface area contributed by atoms with Crippen LogP contribution >= 0.6 is 11.8 Å². The molecule has 0 radical (unpaired) electrons. The van der Waals surface area contributed by atoms with Crippen molar-refractivity contribution >= 4 is 11.8 Å². The summed E-state index contributed by atoms with van der Waals surface area (Å²) in [5.41, 5.74) is -1.17. The smallest absolute Gasteiger partial charge is 0.845 e. The molecule has 0 aliphatic heterocycles. The number of thioether (sulfide) groups is 1.